The van der Waals surface area contributed by atoms with E-state index >= 15 is 0 Å². The average molecular weight is 249 g/mol. The van der Waals surface area contributed by atoms with Crippen LogP contribution in [0.1, 0.15) is 18.2 Å². The smallest absolute Gasteiger partial charge is 0.204 e. The molecule has 0 aliphatic heterocycles. The largest absolute Gasteiger partial charge is 0.288 e. The van der Waals surface area contributed by atoms with Crippen LogP contribution in [0, 0.1) is 0 Å². The zero-order valence-corrected chi connectivity index (χ0v) is 10.3. The summed E-state index contributed by atoms with van der Waals surface area (Å²) < 4.78 is 1.67. The van der Waals surface area contributed by atoms with Crippen LogP contribution in [0.25, 0.3) is 5.69 Å². The Kier molecular flexibility index (Phi) is 3.59. The molecule has 0 atom stereocenters. The number of halogens is 1. The lowest BCUT2D eigenvalue weighted by molar-refractivity contribution is 0.804. The highest BCUT2D eigenvalue weighted by molar-refractivity contribution is 6.16. The van der Waals surface area contributed by atoms with E-state index < -0.39 is 0 Å². The lowest BCUT2D eigenvalue weighted by Crippen LogP contribution is -2.14. The molecule has 3 nitrogen and oxygen atoms in total. The molecule has 0 aliphatic rings. The molecule has 0 aliphatic carbocycles. The molecule has 0 bridgehead atoms. The Bertz CT molecular complexity index is 560. The molecule has 4 heteroatoms. The van der Waals surface area contributed by atoms with E-state index in [1.54, 1.807) is 10.9 Å². The van der Waals surface area contributed by atoms with Crippen molar-refractivity contribution in [1.29, 1.82) is 0 Å². The number of aryl methyl sites for hydroxylation is 1. The van der Waals surface area contributed by atoms with Crippen molar-refractivity contribution >= 4 is 11.6 Å². The second-order valence-electron chi connectivity index (χ2n) is 3.72. The molecule has 1 aromatic heterocycles. The molecule has 0 saturated heterocycles. The van der Waals surface area contributed by atoms with Crippen LogP contribution in [0.2, 0.25) is 0 Å². The molecule has 0 fully saturated rings. The quantitative estimate of drug-likeness (QED) is 0.783. The van der Waals surface area contributed by atoms with E-state index in [0.717, 1.165) is 12.1 Å². The van der Waals surface area contributed by atoms with Crippen molar-refractivity contribution < 1.29 is 0 Å². The van der Waals surface area contributed by atoms with Gasteiger partial charge in [-0.1, -0.05) is 19.1 Å². The van der Waals surface area contributed by atoms with Crippen molar-refractivity contribution in [3.8, 4) is 5.69 Å². The molecule has 1 aromatic carbocycles. The minimum absolute atomic E-state index is 0.124. The molecule has 0 saturated carbocycles. The fraction of sp³-hybridized carbons (Fsp3) is 0.231. The van der Waals surface area contributed by atoms with Gasteiger partial charge in [0.2, 0.25) is 5.43 Å². The van der Waals surface area contributed by atoms with Gasteiger partial charge in [-0.2, -0.15) is 5.10 Å². The van der Waals surface area contributed by atoms with Crippen molar-refractivity contribution in [3.05, 3.63) is 58.0 Å². The summed E-state index contributed by atoms with van der Waals surface area (Å²) in [6.45, 7) is 2.11. The van der Waals surface area contributed by atoms with Gasteiger partial charge in [0.15, 0.2) is 0 Å². The van der Waals surface area contributed by atoms with E-state index in [0.29, 0.717) is 5.69 Å². The van der Waals surface area contributed by atoms with Crippen molar-refractivity contribution in [2.45, 2.75) is 19.2 Å². The van der Waals surface area contributed by atoms with Gasteiger partial charge in [0, 0.05) is 12.3 Å². The molecule has 0 N–H and O–H groups in total. The summed E-state index contributed by atoms with van der Waals surface area (Å²) in [5.41, 5.74) is 2.44. The molecule has 0 unspecified atom stereocenters. The predicted octanol–water partition coefficient (Wildman–Crippen LogP) is 2.53. The van der Waals surface area contributed by atoms with Gasteiger partial charge in [-0.25, -0.2) is 4.68 Å². The van der Waals surface area contributed by atoms with Crippen LogP contribution >= 0.6 is 11.6 Å². The molecule has 88 valence electrons. The van der Waals surface area contributed by atoms with Crippen LogP contribution in [0.4, 0.5) is 0 Å². The van der Waals surface area contributed by atoms with Crippen LogP contribution in [0.3, 0.4) is 0 Å². The molecule has 1 heterocycles. The van der Waals surface area contributed by atoms with E-state index in [1.807, 2.05) is 12.1 Å². The third-order valence-corrected chi connectivity index (χ3v) is 2.87. The number of nitrogens with zero attached hydrogens (tertiary/aromatic N) is 2. The molecule has 17 heavy (non-hydrogen) atoms. The minimum atomic E-state index is -0.124. The van der Waals surface area contributed by atoms with Crippen LogP contribution in [0.5, 0.6) is 0 Å². The summed E-state index contributed by atoms with van der Waals surface area (Å²) in [6, 6.07) is 9.55. The SMILES string of the molecule is CCc1ccc(-n2ccc(=O)c(CCl)n2)cc1. The highest BCUT2D eigenvalue weighted by Gasteiger charge is 2.02. The van der Waals surface area contributed by atoms with Crippen LogP contribution < -0.4 is 5.43 Å². The molecular weight excluding hydrogens is 236 g/mol. The summed E-state index contributed by atoms with van der Waals surface area (Å²) in [7, 11) is 0. The van der Waals surface area contributed by atoms with E-state index in [4.69, 9.17) is 11.6 Å². The van der Waals surface area contributed by atoms with Gasteiger partial charge < -0.3 is 0 Å². The standard InChI is InChI=1S/C13H13ClN2O/c1-2-10-3-5-11(6-4-10)16-8-7-13(17)12(9-14)15-16/h3-8H,2,9H2,1H3. The highest BCUT2D eigenvalue weighted by atomic mass is 35.5. The number of hydrogen-bond donors (Lipinski definition) is 0. The van der Waals surface area contributed by atoms with Gasteiger partial charge in [0.25, 0.3) is 0 Å². The monoisotopic (exact) mass is 248 g/mol. The Hall–Kier alpha value is -1.61. The van der Waals surface area contributed by atoms with Crippen molar-refractivity contribution in [2.24, 2.45) is 0 Å². The number of rotatable bonds is 3. The van der Waals surface area contributed by atoms with Crippen LogP contribution in [0.15, 0.2) is 41.3 Å². The Morgan fingerprint density at radius 1 is 1.24 bits per heavy atom. The first-order valence-corrected chi connectivity index (χ1v) is 6.02. The third-order valence-electron chi connectivity index (χ3n) is 2.62. The summed E-state index contributed by atoms with van der Waals surface area (Å²) in [6.07, 6.45) is 2.66. The van der Waals surface area contributed by atoms with Gasteiger partial charge in [-0.15, -0.1) is 11.6 Å². The second-order valence-corrected chi connectivity index (χ2v) is 3.99. The van der Waals surface area contributed by atoms with Gasteiger partial charge in [-0.3, -0.25) is 4.79 Å². The topological polar surface area (TPSA) is 34.9 Å². The van der Waals surface area contributed by atoms with Gasteiger partial charge in [0.1, 0.15) is 5.69 Å². The fourth-order valence-electron chi connectivity index (χ4n) is 1.57. The van der Waals surface area contributed by atoms with Gasteiger partial charge in [-0.05, 0) is 24.1 Å². The average Bonchev–Trinajstić information content (AvgIpc) is 2.39. The minimum Gasteiger partial charge on any atom is -0.288 e. The first-order valence-electron chi connectivity index (χ1n) is 5.48. The summed E-state index contributed by atoms with van der Waals surface area (Å²) >= 11 is 5.66. The Morgan fingerprint density at radius 3 is 2.53 bits per heavy atom. The van der Waals surface area contributed by atoms with E-state index in [-0.39, 0.29) is 11.3 Å². The molecule has 0 amide bonds. The molecular formula is C13H13ClN2O. The first kappa shape index (κ1) is 11.9. The Morgan fingerprint density at radius 2 is 1.94 bits per heavy atom. The summed E-state index contributed by atoms with van der Waals surface area (Å²) in [5.74, 6) is 0.132. The summed E-state index contributed by atoms with van der Waals surface area (Å²) in [4.78, 5) is 11.4. The maximum Gasteiger partial charge on any atom is 0.204 e. The molecule has 0 radical (unpaired) electrons. The summed E-state index contributed by atoms with van der Waals surface area (Å²) in [5, 5.41) is 4.19. The Labute approximate surface area is 105 Å². The van der Waals surface area contributed by atoms with Crippen LogP contribution in [-0.4, -0.2) is 9.78 Å². The lowest BCUT2D eigenvalue weighted by atomic mass is 10.1. The van der Waals surface area contributed by atoms with Crippen LogP contribution in [-0.2, 0) is 12.3 Å². The second kappa shape index (κ2) is 5.15. The number of hydrogen-bond acceptors (Lipinski definition) is 2. The third kappa shape index (κ3) is 2.56. The lowest BCUT2D eigenvalue weighted by Gasteiger charge is -2.06. The number of aromatic nitrogens is 2. The zero-order chi connectivity index (χ0) is 12.3. The van der Waals surface area contributed by atoms with E-state index in [2.05, 4.69) is 24.2 Å². The number of benzene rings is 1. The van der Waals surface area contributed by atoms with Crippen molar-refractivity contribution in [1.82, 2.24) is 9.78 Å². The van der Waals surface area contributed by atoms with Gasteiger partial charge in [0.05, 0.1) is 11.6 Å². The fourth-order valence-corrected chi connectivity index (χ4v) is 1.75. The highest BCUT2D eigenvalue weighted by Crippen LogP contribution is 2.08. The Balaban J connectivity index is 2.42. The normalized spacial score (nSPS) is 10.5. The van der Waals surface area contributed by atoms with E-state index in [9.17, 15) is 4.79 Å². The zero-order valence-electron chi connectivity index (χ0n) is 9.56. The van der Waals surface area contributed by atoms with Crippen molar-refractivity contribution in [3.63, 3.8) is 0 Å². The van der Waals surface area contributed by atoms with Crippen molar-refractivity contribution in [2.75, 3.05) is 0 Å². The van der Waals surface area contributed by atoms with Gasteiger partial charge >= 0.3 is 0 Å². The molecule has 2 rings (SSSR count). The molecule has 0 spiro atoms. The first-order chi connectivity index (χ1) is 8.24. The van der Waals surface area contributed by atoms with E-state index in [1.165, 1.54) is 11.6 Å². The molecule has 2 aromatic rings. The maximum absolute atomic E-state index is 11.4. The maximum atomic E-state index is 11.4. The predicted molar refractivity (Wildman–Crippen MR) is 68.8 cm³/mol. The number of alkyl halides is 1.